The van der Waals surface area contributed by atoms with Crippen LogP contribution in [0.5, 0.6) is 0 Å². The molecule has 1 aromatic heterocycles. The Labute approximate surface area is 95.7 Å². The Hall–Kier alpha value is -1.48. The number of aliphatic hydroxyl groups excluding tert-OH is 3. The van der Waals surface area contributed by atoms with Gasteiger partial charge in [-0.1, -0.05) is 0 Å². The van der Waals surface area contributed by atoms with Crippen molar-refractivity contribution in [3.8, 4) is 0 Å². The first-order valence-electron chi connectivity index (χ1n) is 5.01. The van der Waals surface area contributed by atoms with Gasteiger partial charge in [0.25, 0.3) is 5.56 Å². The fraction of sp³-hybridized carbons (Fsp3) is 0.556. The van der Waals surface area contributed by atoms with Crippen LogP contribution in [-0.2, 0) is 4.74 Å². The molecule has 0 radical (unpaired) electrons. The number of nitrogens with zero attached hydrogens (tertiary/aromatic N) is 1. The lowest BCUT2D eigenvalue weighted by molar-refractivity contribution is -0.0232. The molecule has 1 unspecified atom stereocenters. The van der Waals surface area contributed by atoms with E-state index in [1.165, 1.54) is 6.20 Å². The lowest BCUT2D eigenvalue weighted by atomic mass is 10.0. The van der Waals surface area contributed by atoms with Crippen LogP contribution in [0.2, 0.25) is 0 Å². The van der Waals surface area contributed by atoms with Gasteiger partial charge in [-0.15, -0.1) is 0 Å². The first kappa shape index (κ1) is 12.0. The third kappa shape index (κ3) is 2.03. The minimum atomic E-state index is -1.29. The average molecular weight is 243 g/mol. The Morgan fingerprint density at radius 2 is 2.18 bits per heavy atom. The van der Waals surface area contributed by atoms with Crippen LogP contribution in [0.1, 0.15) is 11.7 Å². The zero-order valence-electron chi connectivity index (χ0n) is 8.78. The molecule has 0 aliphatic carbocycles. The molecule has 1 aliphatic heterocycles. The molecule has 0 amide bonds. The van der Waals surface area contributed by atoms with E-state index in [9.17, 15) is 15.0 Å². The fourth-order valence-electron chi connectivity index (χ4n) is 1.78. The minimum Gasteiger partial charge on any atom is -0.394 e. The lowest BCUT2D eigenvalue weighted by Crippen LogP contribution is -2.33. The number of ether oxygens (including phenoxy) is 1. The Morgan fingerprint density at radius 3 is 2.71 bits per heavy atom. The Balaban J connectivity index is 2.32. The van der Waals surface area contributed by atoms with Gasteiger partial charge >= 0.3 is 0 Å². The van der Waals surface area contributed by atoms with Crippen molar-refractivity contribution < 1.29 is 20.1 Å². The van der Waals surface area contributed by atoms with Crippen LogP contribution >= 0.6 is 0 Å². The molecule has 1 aliphatic rings. The standard InChI is InChI=1S/C9H13N3O5/c10-9-11-1-3(8(16)12-9)7-6(15)5(14)4(2-13)17-7/h1,4-7,13-15H,2H2,(H3,10,11,12,16)/t4-,5?,6-,7+/m1/s1. The number of rotatable bonds is 2. The Bertz CT molecular complexity index is 462. The van der Waals surface area contributed by atoms with E-state index in [1.807, 2.05) is 0 Å². The molecule has 0 aromatic carbocycles. The molecular formula is C9H13N3O5. The highest BCUT2D eigenvalue weighted by Gasteiger charge is 2.44. The number of aliphatic hydroxyl groups is 3. The molecule has 1 fully saturated rings. The fourth-order valence-corrected chi connectivity index (χ4v) is 1.78. The normalized spacial score (nSPS) is 32.9. The van der Waals surface area contributed by atoms with E-state index in [2.05, 4.69) is 9.97 Å². The summed E-state index contributed by atoms with van der Waals surface area (Å²) in [7, 11) is 0. The van der Waals surface area contributed by atoms with Gasteiger partial charge in [0.2, 0.25) is 0 Å². The third-order valence-corrected chi connectivity index (χ3v) is 2.70. The highest BCUT2D eigenvalue weighted by Crippen LogP contribution is 2.31. The predicted octanol–water partition coefficient (Wildman–Crippen LogP) is -2.49. The van der Waals surface area contributed by atoms with E-state index in [-0.39, 0.29) is 11.5 Å². The second-order valence-electron chi connectivity index (χ2n) is 3.81. The van der Waals surface area contributed by atoms with Gasteiger partial charge < -0.3 is 25.8 Å². The first-order valence-corrected chi connectivity index (χ1v) is 5.01. The summed E-state index contributed by atoms with van der Waals surface area (Å²) in [6.45, 7) is -0.449. The zero-order chi connectivity index (χ0) is 12.6. The number of aromatic amines is 1. The molecule has 1 aromatic rings. The second kappa shape index (κ2) is 4.41. The van der Waals surface area contributed by atoms with Crippen LogP contribution in [0.15, 0.2) is 11.0 Å². The maximum atomic E-state index is 11.6. The Morgan fingerprint density at radius 1 is 1.47 bits per heavy atom. The van der Waals surface area contributed by atoms with Crippen molar-refractivity contribution in [1.82, 2.24) is 9.97 Å². The van der Waals surface area contributed by atoms with Crippen molar-refractivity contribution in [2.45, 2.75) is 24.4 Å². The summed E-state index contributed by atoms with van der Waals surface area (Å²) in [6.07, 6.45) is -3.32. The number of nitrogen functional groups attached to an aromatic ring is 1. The summed E-state index contributed by atoms with van der Waals surface area (Å²) in [5.41, 5.74) is 4.79. The molecule has 8 heteroatoms. The highest BCUT2D eigenvalue weighted by atomic mass is 16.6. The SMILES string of the molecule is Nc1ncc([C@@H]2O[C@H](CO)C(O)[C@H]2O)c(=O)[nH]1. The van der Waals surface area contributed by atoms with Gasteiger partial charge in [0, 0.05) is 6.20 Å². The second-order valence-corrected chi connectivity index (χ2v) is 3.81. The van der Waals surface area contributed by atoms with Crippen molar-refractivity contribution in [2.24, 2.45) is 0 Å². The summed E-state index contributed by atoms with van der Waals surface area (Å²) in [5, 5.41) is 28.2. The van der Waals surface area contributed by atoms with Gasteiger partial charge in [0.15, 0.2) is 5.95 Å². The average Bonchev–Trinajstić information content (AvgIpc) is 2.57. The van der Waals surface area contributed by atoms with E-state index in [1.54, 1.807) is 0 Å². The summed E-state index contributed by atoms with van der Waals surface area (Å²) in [6, 6.07) is 0. The summed E-state index contributed by atoms with van der Waals surface area (Å²) in [5.74, 6) is -0.0505. The van der Waals surface area contributed by atoms with E-state index in [0.29, 0.717) is 0 Å². The minimum absolute atomic E-state index is 0.0505. The van der Waals surface area contributed by atoms with Crippen molar-refractivity contribution in [2.75, 3.05) is 12.3 Å². The number of aromatic nitrogens is 2. The maximum absolute atomic E-state index is 11.6. The number of anilines is 1. The number of hydrogen-bond donors (Lipinski definition) is 5. The number of H-pyrrole nitrogens is 1. The van der Waals surface area contributed by atoms with E-state index in [0.717, 1.165) is 0 Å². The zero-order valence-corrected chi connectivity index (χ0v) is 8.78. The largest absolute Gasteiger partial charge is 0.394 e. The molecule has 2 rings (SSSR count). The summed E-state index contributed by atoms with van der Waals surface area (Å²) < 4.78 is 5.19. The smallest absolute Gasteiger partial charge is 0.258 e. The van der Waals surface area contributed by atoms with Crippen LogP contribution in [0, 0.1) is 0 Å². The van der Waals surface area contributed by atoms with E-state index in [4.69, 9.17) is 15.6 Å². The monoisotopic (exact) mass is 243 g/mol. The van der Waals surface area contributed by atoms with Gasteiger partial charge in [-0.2, -0.15) is 0 Å². The lowest BCUT2D eigenvalue weighted by Gasteiger charge is -2.13. The van der Waals surface area contributed by atoms with Gasteiger partial charge in [0.05, 0.1) is 12.2 Å². The van der Waals surface area contributed by atoms with Gasteiger partial charge in [-0.3, -0.25) is 9.78 Å². The number of nitrogens with one attached hydrogen (secondary N) is 1. The van der Waals surface area contributed by atoms with Crippen LogP contribution < -0.4 is 11.3 Å². The molecule has 1 saturated heterocycles. The molecule has 4 atom stereocenters. The molecule has 0 spiro atoms. The summed E-state index contributed by atoms with van der Waals surface area (Å²) >= 11 is 0. The van der Waals surface area contributed by atoms with Crippen LogP contribution in [0.4, 0.5) is 5.95 Å². The topological polar surface area (TPSA) is 142 Å². The molecule has 0 bridgehead atoms. The van der Waals surface area contributed by atoms with Crippen LogP contribution in [0.3, 0.4) is 0 Å². The number of nitrogens with two attached hydrogens (primary N) is 1. The number of hydrogen-bond acceptors (Lipinski definition) is 7. The van der Waals surface area contributed by atoms with Gasteiger partial charge in [-0.05, 0) is 0 Å². The molecule has 94 valence electrons. The van der Waals surface area contributed by atoms with E-state index < -0.39 is 36.6 Å². The molecular weight excluding hydrogens is 230 g/mol. The Kier molecular flexibility index (Phi) is 3.11. The predicted molar refractivity (Wildman–Crippen MR) is 56.0 cm³/mol. The third-order valence-electron chi connectivity index (χ3n) is 2.70. The molecule has 8 nitrogen and oxygen atoms in total. The molecule has 2 heterocycles. The van der Waals surface area contributed by atoms with Gasteiger partial charge in [-0.25, -0.2) is 4.98 Å². The quantitative estimate of drug-likeness (QED) is 0.386. The summed E-state index contributed by atoms with van der Waals surface area (Å²) in [4.78, 5) is 17.5. The van der Waals surface area contributed by atoms with Crippen molar-refractivity contribution >= 4 is 5.95 Å². The van der Waals surface area contributed by atoms with Crippen LogP contribution in [0.25, 0.3) is 0 Å². The van der Waals surface area contributed by atoms with Crippen molar-refractivity contribution in [3.05, 3.63) is 22.1 Å². The van der Waals surface area contributed by atoms with Crippen molar-refractivity contribution in [3.63, 3.8) is 0 Å². The molecule has 17 heavy (non-hydrogen) atoms. The van der Waals surface area contributed by atoms with E-state index >= 15 is 0 Å². The first-order chi connectivity index (χ1) is 8.04. The maximum Gasteiger partial charge on any atom is 0.258 e. The highest BCUT2D eigenvalue weighted by molar-refractivity contribution is 5.21. The van der Waals surface area contributed by atoms with Crippen molar-refractivity contribution in [1.29, 1.82) is 0 Å². The van der Waals surface area contributed by atoms with Gasteiger partial charge in [0.1, 0.15) is 24.4 Å². The van der Waals surface area contributed by atoms with Crippen LogP contribution in [-0.4, -0.2) is 50.2 Å². The molecule has 6 N–H and O–H groups in total. The molecule has 0 saturated carbocycles.